The SMILES string of the molecule is C/C=C(/C)N=CCC.CC. The molecule has 0 aliphatic rings. The highest BCUT2D eigenvalue weighted by Crippen LogP contribution is 1.90. The van der Waals surface area contributed by atoms with Crippen LogP contribution in [0.15, 0.2) is 16.8 Å². The van der Waals surface area contributed by atoms with Crippen LogP contribution in [0.5, 0.6) is 0 Å². The second kappa shape index (κ2) is 11.2. The van der Waals surface area contributed by atoms with E-state index in [1.54, 1.807) is 0 Å². The third-order valence-electron chi connectivity index (χ3n) is 0.895. The zero-order valence-electron chi connectivity index (χ0n) is 7.81. The lowest BCUT2D eigenvalue weighted by Crippen LogP contribution is -1.69. The molecule has 0 aromatic rings. The van der Waals surface area contributed by atoms with Crippen molar-refractivity contribution >= 4 is 6.21 Å². The molecular weight excluding hydrogens is 122 g/mol. The fraction of sp³-hybridized carbons (Fsp3) is 0.667. The molecule has 0 atom stereocenters. The molecule has 1 nitrogen and oxygen atoms in total. The molecule has 0 heterocycles. The Morgan fingerprint density at radius 2 is 1.90 bits per heavy atom. The molecule has 0 rings (SSSR count). The summed E-state index contributed by atoms with van der Waals surface area (Å²) in [6.45, 7) is 10.1. The van der Waals surface area contributed by atoms with Crippen LogP contribution in [0.3, 0.4) is 0 Å². The van der Waals surface area contributed by atoms with E-state index in [0.717, 1.165) is 12.1 Å². The van der Waals surface area contributed by atoms with E-state index in [2.05, 4.69) is 11.9 Å². The van der Waals surface area contributed by atoms with Gasteiger partial charge in [0.15, 0.2) is 0 Å². The largest absolute Gasteiger partial charge is 0.266 e. The minimum Gasteiger partial charge on any atom is -0.266 e. The van der Waals surface area contributed by atoms with Crippen LogP contribution in [-0.4, -0.2) is 6.21 Å². The van der Waals surface area contributed by atoms with Crippen LogP contribution < -0.4 is 0 Å². The summed E-state index contributed by atoms with van der Waals surface area (Å²) < 4.78 is 0. The molecule has 60 valence electrons. The molecule has 1 heteroatoms. The lowest BCUT2D eigenvalue weighted by molar-refractivity contribution is 1.24. The highest BCUT2D eigenvalue weighted by atomic mass is 14.7. The van der Waals surface area contributed by atoms with Crippen molar-refractivity contribution in [3.05, 3.63) is 11.8 Å². The van der Waals surface area contributed by atoms with Crippen LogP contribution in [0.4, 0.5) is 0 Å². The van der Waals surface area contributed by atoms with Crippen LogP contribution in [0, 0.1) is 0 Å². The van der Waals surface area contributed by atoms with Gasteiger partial charge < -0.3 is 0 Å². The summed E-state index contributed by atoms with van der Waals surface area (Å²) in [7, 11) is 0. The minimum absolute atomic E-state index is 1.02. The second-order valence-electron chi connectivity index (χ2n) is 1.65. The second-order valence-corrected chi connectivity index (χ2v) is 1.65. The number of allylic oxidation sites excluding steroid dienone is 2. The van der Waals surface area contributed by atoms with Crippen molar-refractivity contribution in [3.8, 4) is 0 Å². The van der Waals surface area contributed by atoms with E-state index in [1.807, 2.05) is 40.0 Å². The molecule has 0 spiro atoms. The molecule has 0 aromatic heterocycles. The zero-order chi connectivity index (χ0) is 8.41. The van der Waals surface area contributed by atoms with Crippen LogP contribution in [-0.2, 0) is 0 Å². The number of hydrogen-bond acceptors (Lipinski definition) is 1. The molecule has 0 bridgehead atoms. The number of rotatable bonds is 2. The maximum Gasteiger partial charge on any atom is 0.0326 e. The summed E-state index contributed by atoms with van der Waals surface area (Å²) >= 11 is 0. The van der Waals surface area contributed by atoms with Gasteiger partial charge in [0, 0.05) is 11.9 Å². The predicted octanol–water partition coefficient (Wildman–Crippen LogP) is 3.42. The zero-order valence-corrected chi connectivity index (χ0v) is 7.81. The van der Waals surface area contributed by atoms with Crippen LogP contribution >= 0.6 is 0 Å². The van der Waals surface area contributed by atoms with Crippen molar-refractivity contribution < 1.29 is 0 Å². The van der Waals surface area contributed by atoms with Crippen molar-refractivity contribution in [1.29, 1.82) is 0 Å². The lowest BCUT2D eigenvalue weighted by atomic mass is 10.4. The van der Waals surface area contributed by atoms with Crippen molar-refractivity contribution in [2.24, 2.45) is 4.99 Å². The summed E-state index contributed by atoms with van der Waals surface area (Å²) in [4.78, 5) is 4.10. The Morgan fingerprint density at radius 1 is 1.40 bits per heavy atom. The predicted molar refractivity (Wildman–Crippen MR) is 49.6 cm³/mol. The first-order valence-corrected chi connectivity index (χ1v) is 3.96. The van der Waals surface area contributed by atoms with E-state index in [9.17, 15) is 0 Å². The maximum absolute atomic E-state index is 4.10. The summed E-state index contributed by atoms with van der Waals surface area (Å²) in [6, 6.07) is 0. The highest BCUT2D eigenvalue weighted by molar-refractivity contribution is 5.58. The molecular formula is C9H19N. The Balaban J connectivity index is 0. The molecule has 0 aromatic carbocycles. The van der Waals surface area contributed by atoms with Gasteiger partial charge in [-0.25, -0.2) is 0 Å². The molecule has 0 saturated carbocycles. The number of aliphatic imine (C=N–C) groups is 1. The van der Waals surface area contributed by atoms with Gasteiger partial charge in [0.2, 0.25) is 0 Å². The van der Waals surface area contributed by atoms with Crippen molar-refractivity contribution in [1.82, 2.24) is 0 Å². The van der Waals surface area contributed by atoms with Gasteiger partial charge in [-0.15, -0.1) is 0 Å². The van der Waals surface area contributed by atoms with E-state index in [1.165, 1.54) is 0 Å². The standard InChI is InChI=1S/C7H13N.C2H6/c1-4-6-8-7(3)5-2;1-2/h5-6H,4H2,1-3H3;1-2H3/b7-5-,8-6?;. The normalized spacial score (nSPS) is 11.1. The van der Waals surface area contributed by atoms with E-state index in [0.29, 0.717) is 0 Å². The minimum atomic E-state index is 1.02. The summed E-state index contributed by atoms with van der Waals surface area (Å²) in [5.41, 5.74) is 1.09. The van der Waals surface area contributed by atoms with Gasteiger partial charge >= 0.3 is 0 Å². The van der Waals surface area contributed by atoms with Crippen LogP contribution in [0.2, 0.25) is 0 Å². The molecule has 0 saturated heterocycles. The first-order valence-electron chi connectivity index (χ1n) is 3.96. The van der Waals surface area contributed by atoms with Gasteiger partial charge in [0.05, 0.1) is 0 Å². The number of nitrogens with zero attached hydrogens (tertiary/aromatic N) is 1. The first kappa shape index (κ1) is 12.1. The molecule has 0 fully saturated rings. The Morgan fingerprint density at radius 3 is 2.20 bits per heavy atom. The summed E-state index contributed by atoms with van der Waals surface area (Å²) in [6.07, 6.45) is 4.92. The molecule has 0 aliphatic heterocycles. The van der Waals surface area contributed by atoms with E-state index in [-0.39, 0.29) is 0 Å². The summed E-state index contributed by atoms with van der Waals surface area (Å²) in [5.74, 6) is 0. The molecule has 0 unspecified atom stereocenters. The fourth-order valence-electron chi connectivity index (χ4n) is 0.310. The van der Waals surface area contributed by atoms with Gasteiger partial charge in [0.25, 0.3) is 0 Å². The van der Waals surface area contributed by atoms with Crippen molar-refractivity contribution in [3.63, 3.8) is 0 Å². The molecule has 0 radical (unpaired) electrons. The molecule has 0 amide bonds. The average molecular weight is 141 g/mol. The molecule has 0 N–H and O–H groups in total. The fourth-order valence-corrected chi connectivity index (χ4v) is 0.310. The highest BCUT2D eigenvalue weighted by Gasteiger charge is 1.73. The van der Waals surface area contributed by atoms with Gasteiger partial charge in [0.1, 0.15) is 0 Å². The van der Waals surface area contributed by atoms with E-state index in [4.69, 9.17) is 0 Å². The average Bonchev–Trinajstić information content (AvgIpc) is 2.04. The third-order valence-corrected chi connectivity index (χ3v) is 0.895. The lowest BCUT2D eigenvalue weighted by Gasteiger charge is -1.84. The topological polar surface area (TPSA) is 12.4 Å². The van der Waals surface area contributed by atoms with Crippen LogP contribution in [0.25, 0.3) is 0 Å². The van der Waals surface area contributed by atoms with Crippen molar-refractivity contribution in [2.75, 3.05) is 0 Å². The monoisotopic (exact) mass is 141 g/mol. The molecule has 0 aliphatic carbocycles. The Hall–Kier alpha value is -0.590. The Labute approximate surface area is 64.9 Å². The van der Waals surface area contributed by atoms with E-state index < -0.39 is 0 Å². The maximum atomic E-state index is 4.10. The Kier molecular flexibility index (Phi) is 13.6. The smallest absolute Gasteiger partial charge is 0.0326 e. The third kappa shape index (κ3) is 10.4. The van der Waals surface area contributed by atoms with E-state index >= 15 is 0 Å². The van der Waals surface area contributed by atoms with Gasteiger partial charge in [-0.2, -0.15) is 0 Å². The number of hydrogen-bond donors (Lipinski definition) is 0. The molecule has 10 heavy (non-hydrogen) atoms. The first-order chi connectivity index (χ1) is 4.81. The quantitative estimate of drug-likeness (QED) is 0.522. The summed E-state index contributed by atoms with van der Waals surface area (Å²) in [5, 5.41) is 0. The Bertz CT molecular complexity index is 101. The van der Waals surface area contributed by atoms with Gasteiger partial charge in [-0.1, -0.05) is 26.8 Å². The van der Waals surface area contributed by atoms with Gasteiger partial charge in [-0.3, -0.25) is 4.99 Å². The van der Waals surface area contributed by atoms with Crippen molar-refractivity contribution in [2.45, 2.75) is 41.0 Å². The van der Waals surface area contributed by atoms with Crippen LogP contribution in [0.1, 0.15) is 41.0 Å². The van der Waals surface area contributed by atoms with Gasteiger partial charge in [-0.05, 0) is 20.3 Å².